The van der Waals surface area contributed by atoms with Crippen LogP contribution in [-0.4, -0.2) is 104 Å². The number of rotatable bonds is 19. The first-order valence-electron chi connectivity index (χ1n) is 21.2. The standard InChI is InChI=1S/C43H39N9O18S5/c1-23-14-34(37(69-10-6-12-71(54,55)56)20-32(23)47-46-26-16-28-29(39(17-26)74(63,64)65)18-27(73(60,61)62)19-40(28)75(66,67)68)49-48-33-21-38(70-11-7-13-72(57,58)59)35(15-24(33)2)50-51-41-25(3)30(22-44)42-45-31-8-4-5-9-36(31)52(42)43(41)53/h4-5,8-9,14-21,53H,6-7,10-13H2,1-3H3,(H,54,55,56)(H,57,58,59)(H,60,61,62)(H,63,64,65)(H,66,67,68). The third-order valence-corrected chi connectivity index (χ3v) is 15.0. The topological polar surface area (TPSA) is 426 Å². The van der Waals surface area contributed by atoms with Crippen LogP contribution in [0.4, 0.5) is 34.1 Å². The molecule has 0 aliphatic heterocycles. The summed E-state index contributed by atoms with van der Waals surface area (Å²) in [7, 11) is -24.6. The van der Waals surface area contributed by atoms with Gasteiger partial charge in [-0.2, -0.15) is 62.7 Å². The summed E-state index contributed by atoms with van der Waals surface area (Å²) >= 11 is 0. The normalized spacial score (nSPS) is 13.0. The zero-order valence-corrected chi connectivity index (χ0v) is 42.9. The highest BCUT2D eigenvalue weighted by Gasteiger charge is 2.26. The SMILES string of the molecule is Cc1cc(N=Nc2cc(OCCCS(=O)(=O)O)c(N=Nc3c(C)c(C#N)c4nc5ccccc5n4c3O)cc2C)c(OCCCS(=O)(=O)O)cc1N=Nc1cc(S(=O)(=O)O)c2cc(S(=O)(=O)O)cc(S(=O)(=O)O)c2c1. The highest BCUT2D eigenvalue weighted by molar-refractivity contribution is 7.87. The van der Waals surface area contributed by atoms with Crippen LogP contribution in [0.25, 0.3) is 27.5 Å². The number of para-hydroxylation sites is 2. The van der Waals surface area contributed by atoms with Crippen molar-refractivity contribution in [3.05, 3.63) is 95.1 Å². The minimum atomic E-state index is -5.35. The van der Waals surface area contributed by atoms with Crippen molar-refractivity contribution >= 4 is 112 Å². The van der Waals surface area contributed by atoms with Gasteiger partial charge in [-0.15, -0.1) is 15.3 Å². The maximum Gasteiger partial charge on any atom is 0.295 e. The molecule has 0 saturated heterocycles. The highest BCUT2D eigenvalue weighted by Crippen LogP contribution is 2.43. The van der Waals surface area contributed by atoms with Gasteiger partial charge in [0.15, 0.2) is 11.3 Å². The van der Waals surface area contributed by atoms with Gasteiger partial charge in [-0.3, -0.25) is 27.2 Å². The number of aryl methyl sites for hydroxylation is 2. The molecule has 75 heavy (non-hydrogen) atoms. The predicted molar refractivity (Wildman–Crippen MR) is 265 cm³/mol. The molecule has 7 rings (SSSR count). The van der Waals surface area contributed by atoms with E-state index >= 15 is 0 Å². The van der Waals surface area contributed by atoms with E-state index in [-0.39, 0.29) is 94.2 Å². The van der Waals surface area contributed by atoms with E-state index in [4.69, 9.17) is 9.47 Å². The Kier molecular flexibility index (Phi) is 15.5. The van der Waals surface area contributed by atoms with Crippen LogP contribution in [-0.2, 0) is 50.6 Å². The van der Waals surface area contributed by atoms with Gasteiger partial charge in [-0.05, 0) is 93.3 Å². The molecule has 0 aliphatic carbocycles. The number of imidazole rings is 1. The molecule has 0 saturated carbocycles. The summed E-state index contributed by atoms with van der Waals surface area (Å²) in [5, 5.41) is 45.5. The van der Waals surface area contributed by atoms with Crippen molar-refractivity contribution in [1.82, 2.24) is 9.38 Å². The average Bonchev–Trinajstić information content (AvgIpc) is 3.69. The van der Waals surface area contributed by atoms with E-state index in [2.05, 4.69) is 41.7 Å². The summed E-state index contributed by atoms with van der Waals surface area (Å²) in [6.45, 7) is 4.03. The molecule has 0 spiro atoms. The summed E-state index contributed by atoms with van der Waals surface area (Å²) in [6.07, 6.45) is -0.413. The second kappa shape index (κ2) is 21.1. The summed E-state index contributed by atoms with van der Waals surface area (Å²) in [4.78, 5) is 1.07. The van der Waals surface area contributed by atoms with Crippen molar-refractivity contribution in [3.63, 3.8) is 0 Å². The maximum absolute atomic E-state index is 12.5. The number of ether oxygens (including phenoxy) is 2. The zero-order chi connectivity index (χ0) is 55.0. The molecule has 5 aromatic carbocycles. The Morgan fingerprint density at radius 1 is 0.600 bits per heavy atom. The molecule has 2 heterocycles. The smallest absolute Gasteiger partial charge is 0.295 e. The molecule has 0 unspecified atom stereocenters. The molecule has 0 aliphatic rings. The van der Waals surface area contributed by atoms with E-state index in [0.29, 0.717) is 34.8 Å². The van der Waals surface area contributed by atoms with Crippen LogP contribution >= 0.6 is 0 Å². The minimum Gasteiger partial charge on any atom is -0.493 e. The number of benzene rings is 5. The van der Waals surface area contributed by atoms with Crippen molar-refractivity contribution in [2.75, 3.05) is 24.7 Å². The molecular formula is C43H39N9O18S5. The molecule has 2 aromatic heterocycles. The highest BCUT2D eigenvalue weighted by atomic mass is 32.2. The van der Waals surface area contributed by atoms with Crippen LogP contribution < -0.4 is 9.47 Å². The lowest BCUT2D eigenvalue weighted by atomic mass is 10.1. The summed E-state index contributed by atoms with van der Waals surface area (Å²) in [5.74, 6) is -1.92. The number of hydrogen-bond acceptors (Lipinski definition) is 21. The van der Waals surface area contributed by atoms with Gasteiger partial charge in [0.05, 0.1) is 57.7 Å². The van der Waals surface area contributed by atoms with Crippen LogP contribution in [0.15, 0.2) is 118 Å². The molecule has 32 heteroatoms. The number of aromatic nitrogens is 2. The van der Waals surface area contributed by atoms with E-state index in [1.54, 1.807) is 38.1 Å². The quantitative estimate of drug-likeness (QED) is 0.0251. The molecule has 0 fully saturated rings. The molecule has 0 atom stereocenters. The van der Waals surface area contributed by atoms with Gasteiger partial charge in [-0.1, -0.05) is 12.1 Å². The van der Waals surface area contributed by atoms with Crippen LogP contribution in [0.3, 0.4) is 0 Å². The van der Waals surface area contributed by atoms with Gasteiger partial charge in [0.2, 0.25) is 5.88 Å². The van der Waals surface area contributed by atoms with Gasteiger partial charge in [0, 0.05) is 28.5 Å². The average molecular weight is 1130 g/mol. The second-order valence-electron chi connectivity index (χ2n) is 16.2. The Bertz CT molecular complexity index is 4240. The van der Waals surface area contributed by atoms with Crippen molar-refractivity contribution in [1.29, 1.82) is 5.26 Å². The minimum absolute atomic E-state index is 0.0226. The molecule has 27 nitrogen and oxygen atoms in total. The second-order valence-corrected chi connectivity index (χ2v) is 23.6. The Labute approximate surface area is 426 Å². The van der Waals surface area contributed by atoms with Crippen molar-refractivity contribution in [2.45, 2.75) is 48.3 Å². The van der Waals surface area contributed by atoms with Crippen molar-refractivity contribution in [3.8, 4) is 23.4 Å². The molecule has 7 aromatic rings. The predicted octanol–water partition coefficient (Wildman–Crippen LogP) is 8.44. The van der Waals surface area contributed by atoms with Crippen LogP contribution in [0, 0.1) is 32.1 Å². The van der Waals surface area contributed by atoms with Crippen LogP contribution in [0.1, 0.15) is 35.1 Å². The Balaban J connectivity index is 1.30. The van der Waals surface area contributed by atoms with E-state index < -0.39 is 93.2 Å². The van der Waals surface area contributed by atoms with Crippen LogP contribution in [0.2, 0.25) is 0 Å². The molecule has 394 valence electrons. The molecule has 0 amide bonds. The number of azo groups is 3. The molecule has 0 radical (unpaired) electrons. The molecule has 6 N–H and O–H groups in total. The molecule has 0 bridgehead atoms. The van der Waals surface area contributed by atoms with E-state index in [0.717, 1.165) is 6.07 Å². The van der Waals surface area contributed by atoms with Gasteiger partial charge in [0.1, 0.15) is 44.3 Å². The largest absolute Gasteiger partial charge is 0.493 e. The zero-order valence-electron chi connectivity index (χ0n) is 38.8. The Morgan fingerprint density at radius 3 is 1.61 bits per heavy atom. The molecular weight excluding hydrogens is 1090 g/mol. The van der Waals surface area contributed by atoms with Crippen molar-refractivity contribution in [2.24, 2.45) is 30.7 Å². The van der Waals surface area contributed by atoms with Gasteiger partial charge in [-0.25, -0.2) is 4.98 Å². The van der Waals surface area contributed by atoms with Crippen LogP contribution in [0.5, 0.6) is 17.4 Å². The van der Waals surface area contributed by atoms with E-state index in [1.807, 2.05) is 0 Å². The van der Waals surface area contributed by atoms with Gasteiger partial charge < -0.3 is 14.6 Å². The number of fused-ring (bicyclic) bond motifs is 4. The number of hydrogen-bond donors (Lipinski definition) is 6. The van der Waals surface area contributed by atoms with Crippen molar-refractivity contribution < 1.29 is 79.4 Å². The lowest BCUT2D eigenvalue weighted by molar-refractivity contribution is 0.317. The third kappa shape index (κ3) is 12.9. The maximum atomic E-state index is 12.5. The first kappa shape index (κ1) is 55.3. The first-order valence-corrected chi connectivity index (χ1v) is 28.7. The Hall–Kier alpha value is -7.45. The van der Waals surface area contributed by atoms with Gasteiger partial charge >= 0.3 is 0 Å². The third-order valence-electron chi connectivity index (χ3n) is 10.8. The fourth-order valence-electron chi connectivity index (χ4n) is 7.31. The monoisotopic (exact) mass is 1130 g/mol. The summed E-state index contributed by atoms with van der Waals surface area (Å²) in [5.41, 5.74) is 1.68. The van der Waals surface area contributed by atoms with Gasteiger partial charge in [0.25, 0.3) is 50.6 Å². The number of aromatic hydroxyl groups is 1. The number of nitriles is 1. The number of pyridine rings is 1. The number of nitrogens with zero attached hydrogens (tertiary/aromatic N) is 9. The van der Waals surface area contributed by atoms with E-state index in [1.165, 1.54) is 35.6 Å². The fourth-order valence-corrected chi connectivity index (χ4v) is 10.3. The summed E-state index contributed by atoms with van der Waals surface area (Å²) < 4.78 is 181. The first-order chi connectivity index (χ1) is 34.9. The fraction of sp³-hybridized carbons (Fsp3) is 0.209. The Morgan fingerprint density at radius 2 is 1.09 bits per heavy atom. The van der Waals surface area contributed by atoms with E-state index in [9.17, 15) is 75.2 Å². The summed E-state index contributed by atoms with van der Waals surface area (Å²) in [6, 6.07) is 16.8. The lowest BCUT2D eigenvalue weighted by Crippen LogP contribution is -2.08. The lowest BCUT2D eigenvalue weighted by Gasteiger charge is -2.13.